The first-order valence-electron chi connectivity index (χ1n) is 7.30. The summed E-state index contributed by atoms with van der Waals surface area (Å²) in [5.74, 6) is -0.513. The lowest BCUT2D eigenvalue weighted by Gasteiger charge is -2.20. The fraction of sp³-hybridized carbons (Fsp3) is 0.333. The number of ketones is 1. The van der Waals surface area contributed by atoms with Crippen molar-refractivity contribution in [2.24, 2.45) is 0 Å². The van der Waals surface area contributed by atoms with E-state index in [4.69, 9.17) is 9.47 Å². The summed E-state index contributed by atoms with van der Waals surface area (Å²) in [6.07, 6.45) is 0.399. The van der Waals surface area contributed by atoms with E-state index in [1.165, 1.54) is 19.1 Å². The lowest BCUT2D eigenvalue weighted by atomic mass is 9.98. The van der Waals surface area contributed by atoms with Gasteiger partial charge < -0.3 is 14.6 Å². The van der Waals surface area contributed by atoms with Crippen molar-refractivity contribution in [2.75, 3.05) is 0 Å². The minimum Gasteiger partial charge on any atom is -0.507 e. The van der Waals surface area contributed by atoms with Crippen LogP contribution in [0, 0.1) is 0 Å². The topological polar surface area (TPSA) is 72.8 Å². The van der Waals surface area contributed by atoms with Gasteiger partial charge in [-0.3, -0.25) is 4.79 Å². The number of esters is 1. The first-order valence-corrected chi connectivity index (χ1v) is 7.30. The van der Waals surface area contributed by atoms with E-state index < -0.39 is 18.2 Å². The molecule has 0 bridgehead atoms. The Bertz CT molecular complexity index is 714. The molecule has 2 rings (SSSR count). The van der Waals surface area contributed by atoms with Crippen molar-refractivity contribution in [3.05, 3.63) is 47.1 Å². The molecule has 122 valence electrons. The van der Waals surface area contributed by atoms with E-state index in [0.29, 0.717) is 22.5 Å². The van der Waals surface area contributed by atoms with Gasteiger partial charge in [-0.05, 0) is 39.3 Å². The summed E-state index contributed by atoms with van der Waals surface area (Å²) >= 11 is 0. The Morgan fingerprint density at radius 1 is 1.30 bits per heavy atom. The van der Waals surface area contributed by atoms with Crippen LogP contribution in [0.2, 0.25) is 0 Å². The van der Waals surface area contributed by atoms with Gasteiger partial charge in [-0.25, -0.2) is 4.79 Å². The van der Waals surface area contributed by atoms with Crippen molar-refractivity contribution < 1.29 is 24.2 Å². The number of aromatic hydroxyl groups is 1. The van der Waals surface area contributed by atoms with E-state index in [2.05, 4.69) is 6.58 Å². The van der Waals surface area contributed by atoms with Crippen LogP contribution in [-0.4, -0.2) is 23.0 Å². The molecule has 0 saturated heterocycles. The predicted octanol–water partition coefficient (Wildman–Crippen LogP) is 3.48. The molecular formula is C18H20O5. The molecule has 2 unspecified atom stereocenters. The van der Waals surface area contributed by atoms with Crippen molar-refractivity contribution >= 4 is 11.8 Å². The summed E-state index contributed by atoms with van der Waals surface area (Å²) in [7, 11) is 0. The van der Waals surface area contributed by atoms with E-state index in [1.807, 2.05) is 0 Å². The first-order chi connectivity index (χ1) is 10.8. The third-order valence-electron chi connectivity index (χ3n) is 3.82. The third kappa shape index (κ3) is 3.13. The van der Waals surface area contributed by atoms with Gasteiger partial charge in [0.15, 0.2) is 18.0 Å². The molecular weight excluding hydrogens is 296 g/mol. The fourth-order valence-electron chi connectivity index (χ4n) is 2.36. The highest BCUT2D eigenvalue weighted by Crippen LogP contribution is 2.44. The van der Waals surface area contributed by atoms with Crippen LogP contribution in [0.3, 0.4) is 0 Å². The number of fused-ring (bicyclic) bond motifs is 1. The zero-order valence-electron chi connectivity index (χ0n) is 13.7. The Morgan fingerprint density at radius 2 is 1.96 bits per heavy atom. The number of allylic oxidation sites excluding steroid dienone is 1. The van der Waals surface area contributed by atoms with Crippen LogP contribution in [0.5, 0.6) is 11.5 Å². The maximum absolute atomic E-state index is 12.1. The fourth-order valence-corrected chi connectivity index (χ4v) is 2.36. The summed E-state index contributed by atoms with van der Waals surface area (Å²) in [4.78, 5) is 23.7. The van der Waals surface area contributed by atoms with Gasteiger partial charge in [0.1, 0.15) is 11.5 Å². The normalized spacial score (nSPS) is 19.7. The van der Waals surface area contributed by atoms with Crippen LogP contribution < -0.4 is 4.74 Å². The van der Waals surface area contributed by atoms with E-state index >= 15 is 0 Å². The number of phenols is 1. The Hall–Kier alpha value is -2.56. The molecule has 1 aromatic carbocycles. The van der Waals surface area contributed by atoms with Gasteiger partial charge in [0.25, 0.3) is 0 Å². The minimum absolute atomic E-state index is 0.159. The van der Waals surface area contributed by atoms with Gasteiger partial charge >= 0.3 is 5.97 Å². The molecule has 1 heterocycles. The quantitative estimate of drug-likeness (QED) is 0.398. The molecule has 1 aliphatic rings. The highest BCUT2D eigenvalue weighted by molar-refractivity contribution is 5.97. The van der Waals surface area contributed by atoms with Crippen molar-refractivity contribution in [3.8, 4) is 11.5 Å². The second kappa shape index (κ2) is 6.28. The van der Waals surface area contributed by atoms with Crippen LogP contribution in [0.1, 0.15) is 49.7 Å². The third-order valence-corrected chi connectivity index (χ3v) is 3.82. The molecule has 5 nitrogen and oxygen atoms in total. The van der Waals surface area contributed by atoms with Gasteiger partial charge in [0.05, 0.1) is 5.56 Å². The Morgan fingerprint density at radius 3 is 2.48 bits per heavy atom. The molecule has 0 aromatic heterocycles. The Labute approximate surface area is 135 Å². The minimum atomic E-state index is -0.705. The molecule has 23 heavy (non-hydrogen) atoms. The zero-order chi connectivity index (χ0) is 17.3. The van der Waals surface area contributed by atoms with Crippen LogP contribution >= 0.6 is 0 Å². The number of Topliss-reactive ketones (excluding diaryl/α,β-unsaturated/α-hetero) is 1. The molecule has 0 spiro atoms. The largest absolute Gasteiger partial charge is 0.507 e. The van der Waals surface area contributed by atoms with Crippen LogP contribution in [0.15, 0.2) is 35.9 Å². The molecule has 1 aliphatic heterocycles. The van der Waals surface area contributed by atoms with Crippen LogP contribution in [0.4, 0.5) is 0 Å². The second-order valence-corrected chi connectivity index (χ2v) is 5.65. The molecule has 2 atom stereocenters. The molecule has 0 aliphatic carbocycles. The summed E-state index contributed by atoms with van der Waals surface area (Å²) in [5.41, 5.74) is 1.88. The average molecular weight is 316 g/mol. The van der Waals surface area contributed by atoms with Gasteiger partial charge in [-0.2, -0.15) is 0 Å². The van der Waals surface area contributed by atoms with Gasteiger partial charge in [0.2, 0.25) is 0 Å². The molecule has 0 radical (unpaired) electrons. The van der Waals surface area contributed by atoms with Crippen molar-refractivity contribution in [1.29, 1.82) is 0 Å². The Balaban J connectivity index is 2.47. The summed E-state index contributed by atoms with van der Waals surface area (Å²) in [6.45, 7) is 10.4. The van der Waals surface area contributed by atoms with E-state index in [1.54, 1.807) is 26.8 Å². The molecule has 1 N–H and O–H groups in total. The lowest BCUT2D eigenvalue weighted by Crippen LogP contribution is -2.24. The van der Waals surface area contributed by atoms with Crippen molar-refractivity contribution in [3.63, 3.8) is 0 Å². The lowest BCUT2D eigenvalue weighted by molar-refractivity contribution is -0.146. The predicted molar refractivity (Wildman–Crippen MR) is 85.6 cm³/mol. The summed E-state index contributed by atoms with van der Waals surface area (Å²) in [6, 6.07) is 2.89. The molecule has 1 aromatic rings. The van der Waals surface area contributed by atoms with Gasteiger partial charge in [-0.15, -0.1) is 0 Å². The number of rotatable bonds is 4. The number of phenolic OH excluding ortho intramolecular Hbond substituents is 1. The number of carbonyl (C=O) groups excluding carboxylic acids is 2. The highest BCUT2D eigenvalue weighted by atomic mass is 16.6. The van der Waals surface area contributed by atoms with Crippen molar-refractivity contribution in [1.82, 2.24) is 0 Å². The summed E-state index contributed by atoms with van der Waals surface area (Å²) < 4.78 is 11.3. The molecule has 0 saturated carbocycles. The van der Waals surface area contributed by atoms with Gasteiger partial charge in [0, 0.05) is 17.2 Å². The van der Waals surface area contributed by atoms with Crippen molar-refractivity contribution in [2.45, 2.75) is 39.9 Å². The number of hydrogen-bond donors (Lipinski definition) is 1. The maximum atomic E-state index is 12.1. The smallest absolute Gasteiger partial charge is 0.334 e. The van der Waals surface area contributed by atoms with Gasteiger partial charge in [-0.1, -0.05) is 12.7 Å². The molecule has 0 fully saturated rings. The SMILES string of the molecule is C=C(C)C1Oc2cc(O)c(C(C)=O)cc2C1OC(=O)/C(C)=C/C. The Kier molecular flexibility index (Phi) is 4.59. The molecule has 5 heteroatoms. The maximum Gasteiger partial charge on any atom is 0.334 e. The number of carbonyl (C=O) groups is 2. The first kappa shape index (κ1) is 16.8. The highest BCUT2D eigenvalue weighted by Gasteiger charge is 2.39. The van der Waals surface area contributed by atoms with E-state index in [9.17, 15) is 14.7 Å². The van der Waals surface area contributed by atoms with E-state index in [0.717, 1.165) is 0 Å². The average Bonchev–Trinajstić information content (AvgIpc) is 2.83. The van der Waals surface area contributed by atoms with E-state index in [-0.39, 0.29) is 17.1 Å². The number of benzene rings is 1. The standard InChI is InChI=1S/C18H20O5/c1-6-10(4)18(21)23-17-13-7-12(11(5)19)14(20)8-15(13)22-16(17)9(2)3/h6-8,16-17,20H,2H2,1,3-5H3/b10-6+. The molecule has 0 amide bonds. The number of ether oxygens (including phenoxy) is 2. The number of hydrogen-bond acceptors (Lipinski definition) is 5. The second-order valence-electron chi connectivity index (χ2n) is 5.65. The van der Waals surface area contributed by atoms with Crippen LogP contribution in [-0.2, 0) is 9.53 Å². The monoisotopic (exact) mass is 316 g/mol. The van der Waals surface area contributed by atoms with Crippen LogP contribution in [0.25, 0.3) is 0 Å². The zero-order valence-corrected chi connectivity index (χ0v) is 13.7. The summed E-state index contributed by atoms with van der Waals surface area (Å²) in [5, 5.41) is 9.92.